The maximum atomic E-state index is 10.3. The molecular weight excluding hydrogens is 320 g/mol. The Bertz CT molecular complexity index is 547. The van der Waals surface area contributed by atoms with Gasteiger partial charge in [0.15, 0.2) is 0 Å². The van der Waals surface area contributed by atoms with Gasteiger partial charge in [-0.3, -0.25) is 0 Å². The minimum atomic E-state index is -0.882. The van der Waals surface area contributed by atoms with Gasteiger partial charge >= 0.3 is 0 Å². The fraction of sp³-hybridized carbons (Fsp3) is 0.273. The van der Waals surface area contributed by atoms with Crippen LogP contribution in [0.1, 0.15) is 16.7 Å². The van der Waals surface area contributed by atoms with Gasteiger partial charge in [-0.25, -0.2) is 4.98 Å². The lowest BCUT2D eigenvalue weighted by molar-refractivity contribution is 0.209. The van der Waals surface area contributed by atoms with E-state index >= 15 is 0 Å². The van der Waals surface area contributed by atoms with Crippen LogP contribution >= 0.6 is 27.3 Å². The van der Waals surface area contributed by atoms with E-state index in [4.69, 9.17) is 9.47 Å². The van der Waals surface area contributed by atoms with Crippen LogP contribution in [0.25, 0.3) is 0 Å². The molecule has 0 radical (unpaired) electrons. The van der Waals surface area contributed by atoms with Crippen LogP contribution in [-0.2, 0) is 0 Å². The zero-order chi connectivity index (χ0) is 13.1. The highest BCUT2D eigenvalue weighted by Crippen LogP contribution is 2.35. The van der Waals surface area contributed by atoms with Crippen molar-refractivity contribution in [3.05, 3.63) is 32.7 Å². The minimum Gasteiger partial charge on any atom is -0.480 e. The summed E-state index contributed by atoms with van der Waals surface area (Å²) >= 11 is 4.81. The number of aromatic nitrogens is 2. The summed E-state index contributed by atoms with van der Waals surface area (Å²) in [6.45, 7) is 0. The van der Waals surface area contributed by atoms with Gasteiger partial charge in [0.25, 0.3) is 0 Å². The van der Waals surface area contributed by atoms with E-state index in [1.165, 1.54) is 31.8 Å². The maximum absolute atomic E-state index is 10.3. The van der Waals surface area contributed by atoms with Crippen molar-refractivity contribution in [1.82, 2.24) is 9.97 Å². The fourth-order valence-electron chi connectivity index (χ4n) is 1.43. The molecule has 96 valence electrons. The molecule has 0 aliphatic heterocycles. The number of aliphatic hydroxyl groups is 1. The minimum absolute atomic E-state index is 0.252. The number of ether oxygens (including phenoxy) is 2. The van der Waals surface area contributed by atoms with Crippen molar-refractivity contribution in [3.8, 4) is 11.8 Å². The Morgan fingerprint density at radius 2 is 2.17 bits per heavy atom. The topological polar surface area (TPSA) is 64.5 Å². The Balaban J connectivity index is 2.41. The summed E-state index contributed by atoms with van der Waals surface area (Å²) in [5.41, 5.74) is 0.362. The predicted octanol–water partition coefficient (Wildman–Crippen LogP) is 2.40. The van der Waals surface area contributed by atoms with Crippen LogP contribution in [-0.4, -0.2) is 29.3 Å². The molecule has 1 atom stereocenters. The van der Waals surface area contributed by atoms with Gasteiger partial charge in [-0.15, -0.1) is 11.3 Å². The third-order valence-corrected chi connectivity index (χ3v) is 4.22. The van der Waals surface area contributed by atoms with Crippen LogP contribution < -0.4 is 9.47 Å². The molecule has 1 unspecified atom stereocenters. The third kappa shape index (κ3) is 2.47. The summed E-state index contributed by atoms with van der Waals surface area (Å²) in [6, 6.07) is 1.87. The molecule has 0 spiro atoms. The molecule has 0 saturated carbocycles. The summed E-state index contributed by atoms with van der Waals surface area (Å²) < 4.78 is 10.9. The number of thiophene rings is 1. The fourth-order valence-corrected chi connectivity index (χ4v) is 3.00. The zero-order valence-electron chi connectivity index (χ0n) is 9.75. The van der Waals surface area contributed by atoms with Gasteiger partial charge in [0.05, 0.1) is 25.3 Å². The smallest absolute Gasteiger partial charge is 0.241 e. The van der Waals surface area contributed by atoms with E-state index in [0.29, 0.717) is 11.6 Å². The lowest BCUT2D eigenvalue weighted by Gasteiger charge is -2.12. The molecule has 2 aromatic rings. The number of methoxy groups -OCH3 is 2. The van der Waals surface area contributed by atoms with E-state index in [0.717, 1.165) is 9.35 Å². The summed E-state index contributed by atoms with van der Waals surface area (Å²) in [6.07, 6.45) is 0.565. The Hall–Kier alpha value is -1.18. The highest BCUT2D eigenvalue weighted by molar-refractivity contribution is 9.10. The van der Waals surface area contributed by atoms with Crippen LogP contribution in [0.5, 0.6) is 11.8 Å². The molecule has 2 rings (SSSR count). The van der Waals surface area contributed by atoms with Crippen LogP contribution in [0.3, 0.4) is 0 Å². The number of hydrogen-bond acceptors (Lipinski definition) is 6. The van der Waals surface area contributed by atoms with Gasteiger partial charge in [0, 0.05) is 4.47 Å². The first-order valence-corrected chi connectivity index (χ1v) is 6.70. The van der Waals surface area contributed by atoms with Crippen molar-refractivity contribution in [2.75, 3.05) is 14.2 Å². The van der Waals surface area contributed by atoms with Gasteiger partial charge in [-0.1, -0.05) is 0 Å². The molecule has 1 N–H and O–H groups in total. The Labute approximate surface area is 117 Å². The van der Waals surface area contributed by atoms with Crippen LogP contribution in [0.4, 0.5) is 0 Å². The normalized spacial score (nSPS) is 12.2. The highest BCUT2D eigenvalue weighted by Gasteiger charge is 2.22. The van der Waals surface area contributed by atoms with Crippen LogP contribution in [0.2, 0.25) is 0 Å². The van der Waals surface area contributed by atoms with Gasteiger partial charge in [-0.2, -0.15) is 4.98 Å². The number of nitrogens with zero attached hydrogens (tertiary/aromatic N) is 2. The van der Waals surface area contributed by atoms with Crippen LogP contribution in [0.15, 0.2) is 22.1 Å². The van der Waals surface area contributed by atoms with E-state index in [-0.39, 0.29) is 5.88 Å². The van der Waals surface area contributed by atoms with Gasteiger partial charge in [0.2, 0.25) is 11.8 Å². The summed E-state index contributed by atoms with van der Waals surface area (Å²) in [5, 5.41) is 12.2. The molecule has 0 bridgehead atoms. The van der Waals surface area contributed by atoms with Gasteiger partial charge in [0.1, 0.15) is 11.8 Å². The molecule has 2 heterocycles. The number of aliphatic hydroxyl groups excluding tert-OH is 1. The number of halogens is 1. The highest BCUT2D eigenvalue weighted by atomic mass is 79.9. The van der Waals surface area contributed by atoms with Crippen molar-refractivity contribution < 1.29 is 14.6 Å². The first-order valence-electron chi connectivity index (χ1n) is 5.03. The second-order valence-corrected chi connectivity index (χ2v) is 5.14. The van der Waals surface area contributed by atoms with Crippen molar-refractivity contribution in [2.24, 2.45) is 0 Å². The second kappa shape index (κ2) is 5.64. The third-order valence-electron chi connectivity index (χ3n) is 2.30. The van der Waals surface area contributed by atoms with Crippen molar-refractivity contribution in [1.29, 1.82) is 0 Å². The molecule has 5 nitrogen and oxygen atoms in total. The summed E-state index contributed by atoms with van der Waals surface area (Å²) in [5.74, 6) is 0.593. The predicted molar refractivity (Wildman–Crippen MR) is 71.2 cm³/mol. The monoisotopic (exact) mass is 330 g/mol. The van der Waals surface area contributed by atoms with Crippen molar-refractivity contribution >= 4 is 27.3 Å². The average Bonchev–Trinajstić information content (AvgIpc) is 2.83. The van der Waals surface area contributed by atoms with E-state index in [2.05, 4.69) is 25.9 Å². The van der Waals surface area contributed by atoms with E-state index in [9.17, 15) is 5.11 Å². The molecular formula is C11H11BrN2O3S. The molecule has 0 aliphatic rings. The lowest BCUT2D eigenvalue weighted by Crippen LogP contribution is -2.06. The summed E-state index contributed by atoms with van der Waals surface area (Å²) in [4.78, 5) is 8.99. The van der Waals surface area contributed by atoms with E-state index in [1.54, 1.807) is 0 Å². The molecule has 2 aromatic heterocycles. The molecule has 7 heteroatoms. The van der Waals surface area contributed by atoms with Crippen molar-refractivity contribution in [2.45, 2.75) is 6.10 Å². The molecule has 0 saturated heterocycles. The lowest BCUT2D eigenvalue weighted by atomic mass is 10.2. The Kier molecular flexibility index (Phi) is 4.15. The summed E-state index contributed by atoms with van der Waals surface area (Å²) in [7, 11) is 2.97. The van der Waals surface area contributed by atoms with E-state index in [1.807, 2.05) is 11.4 Å². The molecule has 0 fully saturated rings. The largest absolute Gasteiger partial charge is 0.480 e. The first kappa shape index (κ1) is 13.3. The SMILES string of the molecule is COc1cnc(C(O)c2sccc2Br)c(OC)n1. The Morgan fingerprint density at radius 3 is 2.72 bits per heavy atom. The van der Waals surface area contributed by atoms with Crippen LogP contribution in [0, 0.1) is 0 Å². The first-order chi connectivity index (χ1) is 8.67. The van der Waals surface area contributed by atoms with Crippen molar-refractivity contribution in [3.63, 3.8) is 0 Å². The van der Waals surface area contributed by atoms with E-state index < -0.39 is 6.10 Å². The Morgan fingerprint density at radius 1 is 1.39 bits per heavy atom. The molecule has 0 amide bonds. The maximum Gasteiger partial charge on any atom is 0.241 e. The van der Waals surface area contributed by atoms with Gasteiger partial charge in [-0.05, 0) is 27.4 Å². The zero-order valence-corrected chi connectivity index (χ0v) is 12.2. The second-order valence-electron chi connectivity index (χ2n) is 3.34. The quantitative estimate of drug-likeness (QED) is 0.932. The average molecular weight is 331 g/mol. The molecule has 0 aromatic carbocycles. The number of rotatable bonds is 4. The number of hydrogen-bond donors (Lipinski definition) is 1. The molecule has 18 heavy (non-hydrogen) atoms. The van der Waals surface area contributed by atoms with Gasteiger partial charge < -0.3 is 14.6 Å². The standard InChI is InChI=1S/C11H11BrN2O3S/c1-16-7-5-13-8(11(14-7)17-2)9(15)10-6(12)3-4-18-10/h3-5,9,15H,1-2H3. The molecule has 0 aliphatic carbocycles.